The van der Waals surface area contributed by atoms with Gasteiger partial charge in [-0.05, 0) is 51.9 Å². The number of rotatable bonds is 53. The monoisotopic (exact) mass is 1110 g/mol. The fourth-order valence-corrected chi connectivity index (χ4v) is 8.65. The molecule has 23 nitrogen and oxygen atoms in total. The van der Waals surface area contributed by atoms with E-state index in [1.54, 1.807) is 6.20 Å². The highest BCUT2D eigenvalue weighted by Gasteiger charge is 2.27. The van der Waals surface area contributed by atoms with Crippen LogP contribution in [0.2, 0.25) is 0 Å². The van der Waals surface area contributed by atoms with Crippen molar-refractivity contribution >= 4 is 64.7 Å². The Balaban J connectivity index is 2.18. The van der Waals surface area contributed by atoms with Crippen molar-refractivity contribution in [3.05, 3.63) is 18.2 Å². The summed E-state index contributed by atoms with van der Waals surface area (Å²) in [5.74, 6) is -10.0. The lowest BCUT2D eigenvalue weighted by Crippen LogP contribution is -2.42. The maximum absolute atomic E-state index is 12.6. The minimum absolute atomic E-state index is 0.000448. The molecule has 0 fully saturated rings. The largest absolute Gasteiger partial charge is 0.481 e. The molecule has 0 aliphatic rings. The molecule has 0 bridgehead atoms. The van der Waals surface area contributed by atoms with Crippen LogP contribution in [0.5, 0.6) is 0 Å². The van der Waals surface area contributed by atoms with E-state index in [2.05, 4.69) is 25.9 Å². The lowest BCUT2D eigenvalue weighted by molar-refractivity contribution is -0.145. The predicted molar refractivity (Wildman–Crippen MR) is 286 cm³/mol. The molecule has 0 aliphatic heterocycles. The quantitative estimate of drug-likeness (QED) is 0.0367. The van der Waals surface area contributed by atoms with Gasteiger partial charge in [0.25, 0.3) is 0 Å². The molecular weight excluding hydrogens is 1020 g/mol. The van der Waals surface area contributed by atoms with Crippen molar-refractivity contribution in [2.75, 3.05) is 39.5 Å². The van der Waals surface area contributed by atoms with Gasteiger partial charge >= 0.3 is 23.9 Å². The van der Waals surface area contributed by atoms with Gasteiger partial charge in [-0.2, -0.15) is 0 Å². The normalized spacial score (nSPS) is 13.1. The van der Waals surface area contributed by atoms with Crippen LogP contribution in [-0.4, -0.2) is 147 Å². The number of Topliss-reactive ketones (excluding diaryl/α,β-unsaturated/α-hetero) is 4. The lowest BCUT2D eigenvalue weighted by Gasteiger charge is -2.17. The van der Waals surface area contributed by atoms with E-state index in [0.29, 0.717) is 37.8 Å². The van der Waals surface area contributed by atoms with Crippen molar-refractivity contribution in [1.82, 2.24) is 25.9 Å². The van der Waals surface area contributed by atoms with Crippen molar-refractivity contribution in [2.45, 2.75) is 205 Å². The van der Waals surface area contributed by atoms with E-state index < -0.39 is 96.7 Å². The highest BCUT2D eigenvalue weighted by molar-refractivity contribution is 5.90. The van der Waals surface area contributed by atoms with Gasteiger partial charge in [0, 0.05) is 88.7 Å². The molecule has 0 radical (unpaired) electrons. The SMILES string of the molecule is CC(=O)[C@H](CCCCNC(=O)CC[C@H](NC(=O)CC[C@H](CC(=O)COCCOCCNC(=O)CC[C@H](CC(=O)CCCCCCCCCCCCCCCCC(=O)O)C(=O)O)C(=O)O)C(=O)O)CC(=O)[C@@H](N)Cc1cnc[nH]1. The fraction of sp³-hybridized carbons (Fsp3) is 0.745. The minimum atomic E-state index is -1.44. The number of aliphatic carboxylic acids is 4. The molecule has 1 aromatic rings. The summed E-state index contributed by atoms with van der Waals surface area (Å²) in [6.07, 6.45) is 18.4. The first kappa shape index (κ1) is 70.1. The van der Waals surface area contributed by atoms with Gasteiger partial charge in [-0.15, -0.1) is 0 Å². The van der Waals surface area contributed by atoms with Crippen molar-refractivity contribution in [1.29, 1.82) is 0 Å². The zero-order valence-corrected chi connectivity index (χ0v) is 45.9. The number of nitrogens with zero attached hydrogens (tertiary/aromatic N) is 1. The number of carbonyl (C=O) groups excluding carboxylic acids is 7. The van der Waals surface area contributed by atoms with Crippen LogP contribution in [0, 0.1) is 17.8 Å². The average molecular weight is 1110 g/mol. The number of carbonyl (C=O) groups is 11. The van der Waals surface area contributed by atoms with Gasteiger partial charge in [0.05, 0.1) is 44.0 Å². The van der Waals surface area contributed by atoms with Gasteiger partial charge in [-0.3, -0.25) is 47.9 Å². The number of amides is 3. The number of nitrogens with two attached hydrogens (primary N) is 1. The minimum Gasteiger partial charge on any atom is -0.481 e. The Bertz CT molecular complexity index is 1960. The first-order chi connectivity index (χ1) is 37.3. The van der Waals surface area contributed by atoms with Crippen molar-refractivity contribution in [3.8, 4) is 0 Å². The Morgan fingerprint density at radius 3 is 1.58 bits per heavy atom. The van der Waals surface area contributed by atoms with Crippen molar-refractivity contribution in [3.63, 3.8) is 0 Å². The van der Waals surface area contributed by atoms with Crippen molar-refractivity contribution < 1.29 is 82.6 Å². The molecule has 0 saturated heterocycles. The number of unbranched alkanes of at least 4 members (excludes halogenated alkanes) is 14. The van der Waals surface area contributed by atoms with Crippen LogP contribution in [0.15, 0.2) is 12.5 Å². The molecule has 0 spiro atoms. The number of H-pyrrole nitrogens is 1. The molecule has 0 unspecified atom stereocenters. The smallest absolute Gasteiger partial charge is 0.326 e. The Labute approximate surface area is 458 Å². The second-order valence-electron chi connectivity index (χ2n) is 20.2. The van der Waals surface area contributed by atoms with Gasteiger partial charge in [0.1, 0.15) is 24.2 Å². The van der Waals surface area contributed by atoms with E-state index in [-0.39, 0.29) is 108 Å². The molecule has 0 saturated carbocycles. The number of hydrogen-bond acceptors (Lipinski definition) is 15. The van der Waals surface area contributed by atoms with E-state index >= 15 is 0 Å². The summed E-state index contributed by atoms with van der Waals surface area (Å²) < 4.78 is 10.7. The Morgan fingerprint density at radius 1 is 0.538 bits per heavy atom. The van der Waals surface area contributed by atoms with Crippen LogP contribution in [0.1, 0.15) is 192 Å². The zero-order valence-electron chi connectivity index (χ0n) is 45.9. The first-order valence-electron chi connectivity index (χ1n) is 28.0. The van der Waals surface area contributed by atoms with E-state index in [1.165, 1.54) is 45.4 Å². The third-order valence-electron chi connectivity index (χ3n) is 13.4. The molecule has 1 aromatic heterocycles. The summed E-state index contributed by atoms with van der Waals surface area (Å²) in [6.45, 7) is 1.44. The van der Waals surface area contributed by atoms with Crippen LogP contribution in [0.25, 0.3) is 0 Å². The summed E-state index contributed by atoms with van der Waals surface area (Å²) in [5, 5.41) is 45.2. The van der Waals surface area contributed by atoms with Crippen LogP contribution in [0.3, 0.4) is 0 Å². The lowest BCUT2D eigenvalue weighted by atomic mass is 9.90. The van der Waals surface area contributed by atoms with Gasteiger partial charge < -0.3 is 56.6 Å². The number of nitrogens with one attached hydrogen (secondary N) is 4. The summed E-state index contributed by atoms with van der Waals surface area (Å²) in [4.78, 5) is 140. The molecule has 0 aromatic carbocycles. The summed E-state index contributed by atoms with van der Waals surface area (Å²) >= 11 is 0. The Hall–Kier alpha value is -5.94. The van der Waals surface area contributed by atoms with Crippen LogP contribution in [-0.2, 0) is 68.6 Å². The molecule has 78 heavy (non-hydrogen) atoms. The topological polar surface area (TPSA) is 378 Å². The molecule has 0 aliphatic carbocycles. The number of ether oxygens (including phenoxy) is 2. The van der Waals surface area contributed by atoms with Gasteiger partial charge in [0.2, 0.25) is 17.7 Å². The number of aromatic nitrogens is 2. The number of carboxylic acid groups (broad SMARTS) is 4. The summed E-state index contributed by atoms with van der Waals surface area (Å²) in [6, 6.07) is -2.22. The molecule has 1 rings (SSSR count). The molecule has 10 N–H and O–H groups in total. The van der Waals surface area contributed by atoms with Crippen molar-refractivity contribution in [2.24, 2.45) is 23.5 Å². The standard InChI is InChI=1S/C55H90N6O17/c1-39(62)40(34-48(65)46(56)35-43-36-57-38-60-43)18-16-17-27-58-50(67)26-23-47(55(75)76)61-51(68)25-22-42(54(73)74)33-45(64)37-78-31-30-77-29-28-59-49(66)24-21-41(53(71)72)32-44(63)19-14-12-10-8-6-4-2-3-5-7-9-11-13-15-20-52(69)70/h36,38,40-42,46-47H,2-35,37,56H2,1H3,(H,57,60)(H,58,67)(H,59,66)(H,61,68)(H,69,70)(H,71,72)(H,73,74)(H,75,76)/t40-,41-,42-,46+,47+/m1/s1. The van der Waals surface area contributed by atoms with E-state index in [0.717, 1.165) is 51.4 Å². The highest BCUT2D eigenvalue weighted by atomic mass is 16.5. The second-order valence-corrected chi connectivity index (χ2v) is 20.2. The van der Waals surface area contributed by atoms with Crippen LogP contribution >= 0.6 is 0 Å². The van der Waals surface area contributed by atoms with E-state index in [1.807, 2.05) is 0 Å². The van der Waals surface area contributed by atoms with Gasteiger partial charge in [-0.25, -0.2) is 9.78 Å². The highest BCUT2D eigenvalue weighted by Crippen LogP contribution is 2.19. The van der Waals surface area contributed by atoms with Crippen LogP contribution < -0.4 is 21.7 Å². The molecule has 5 atom stereocenters. The fourth-order valence-electron chi connectivity index (χ4n) is 8.65. The van der Waals surface area contributed by atoms with Gasteiger partial charge in [-0.1, -0.05) is 83.5 Å². The predicted octanol–water partition coefficient (Wildman–Crippen LogP) is 5.44. The Morgan fingerprint density at radius 2 is 1.05 bits per heavy atom. The Kier molecular flexibility index (Phi) is 39.5. The molecular formula is C55H90N6O17. The second kappa shape index (κ2) is 44.0. The average Bonchev–Trinajstić information content (AvgIpc) is 3.90. The van der Waals surface area contributed by atoms with E-state index in [4.69, 9.17) is 20.3 Å². The molecule has 3 amide bonds. The third kappa shape index (κ3) is 37.8. The van der Waals surface area contributed by atoms with Crippen LogP contribution in [0.4, 0.5) is 0 Å². The third-order valence-corrected chi connectivity index (χ3v) is 13.4. The number of carboxylic acids is 4. The molecule has 23 heteroatoms. The molecule has 1 heterocycles. The van der Waals surface area contributed by atoms with E-state index in [9.17, 15) is 68.1 Å². The first-order valence-corrected chi connectivity index (χ1v) is 28.0. The number of aromatic amines is 1. The number of ketones is 4. The molecule has 442 valence electrons. The maximum Gasteiger partial charge on any atom is 0.326 e. The number of hydrogen-bond donors (Lipinski definition) is 9. The summed E-state index contributed by atoms with van der Waals surface area (Å²) in [5.41, 5.74) is 6.72. The van der Waals surface area contributed by atoms with Gasteiger partial charge in [0.15, 0.2) is 11.6 Å². The zero-order chi connectivity index (χ0) is 57.9. The summed E-state index contributed by atoms with van der Waals surface area (Å²) in [7, 11) is 0. The number of imidazole rings is 1. The maximum atomic E-state index is 12.6.